The minimum absolute atomic E-state index is 0.392. The molecule has 0 unspecified atom stereocenters. The SMILES string of the molecule is CCc1nc(Cl)cc(Oc2ccc(CCOC)cc2)n1. The number of nitrogens with zero attached hydrogens (tertiary/aromatic N) is 2. The molecule has 20 heavy (non-hydrogen) atoms. The van der Waals surface area contributed by atoms with Crippen LogP contribution in [0.5, 0.6) is 11.6 Å². The van der Waals surface area contributed by atoms with Gasteiger partial charge in [0.1, 0.15) is 16.7 Å². The van der Waals surface area contributed by atoms with Crippen molar-refractivity contribution in [3.63, 3.8) is 0 Å². The second kappa shape index (κ2) is 7.22. The van der Waals surface area contributed by atoms with Crippen molar-refractivity contribution in [2.75, 3.05) is 13.7 Å². The lowest BCUT2D eigenvalue weighted by Gasteiger charge is -2.07. The van der Waals surface area contributed by atoms with Crippen LogP contribution in [0.1, 0.15) is 18.3 Å². The summed E-state index contributed by atoms with van der Waals surface area (Å²) in [5.74, 6) is 1.86. The molecule has 0 aliphatic heterocycles. The molecule has 0 saturated carbocycles. The van der Waals surface area contributed by atoms with E-state index in [-0.39, 0.29) is 0 Å². The summed E-state index contributed by atoms with van der Waals surface area (Å²) in [6.45, 7) is 2.68. The van der Waals surface area contributed by atoms with Crippen LogP contribution in [0.15, 0.2) is 30.3 Å². The van der Waals surface area contributed by atoms with Crippen LogP contribution in [-0.2, 0) is 17.6 Å². The second-order valence-corrected chi connectivity index (χ2v) is 4.67. The first-order chi connectivity index (χ1) is 9.71. The molecule has 0 bridgehead atoms. The van der Waals surface area contributed by atoms with Crippen molar-refractivity contribution in [2.24, 2.45) is 0 Å². The molecule has 2 rings (SSSR count). The van der Waals surface area contributed by atoms with Crippen LogP contribution >= 0.6 is 11.6 Å². The maximum absolute atomic E-state index is 5.93. The monoisotopic (exact) mass is 292 g/mol. The average Bonchev–Trinajstić information content (AvgIpc) is 2.46. The van der Waals surface area contributed by atoms with Crippen LogP contribution < -0.4 is 4.74 Å². The standard InChI is InChI=1S/C15H17ClN2O2/c1-3-14-17-13(16)10-15(18-14)20-12-6-4-11(5-7-12)8-9-19-2/h4-7,10H,3,8-9H2,1-2H3. The Morgan fingerprint density at radius 2 is 1.90 bits per heavy atom. The molecule has 0 spiro atoms. The number of ether oxygens (including phenoxy) is 2. The molecule has 4 nitrogen and oxygen atoms in total. The van der Waals surface area contributed by atoms with Gasteiger partial charge in [-0.15, -0.1) is 0 Å². The van der Waals surface area contributed by atoms with Gasteiger partial charge in [-0.1, -0.05) is 30.7 Å². The van der Waals surface area contributed by atoms with E-state index in [1.165, 1.54) is 5.56 Å². The summed E-state index contributed by atoms with van der Waals surface area (Å²) in [4.78, 5) is 8.38. The maximum Gasteiger partial charge on any atom is 0.224 e. The number of methoxy groups -OCH3 is 1. The zero-order chi connectivity index (χ0) is 14.4. The Morgan fingerprint density at radius 3 is 2.55 bits per heavy atom. The van der Waals surface area contributed by atoms with Crippen molar-refractivity contribution in [2.45, 2.75) is 19.8 Å². The fourth-order valence-corrected chi connectivity index (χ4v) is 1.91. The van der Waals surface area contributed by atoms with E-state index in [4.69, 9.17) is 21.1 Å². The molecule has 106 valence electrons. The minimum Gasteiger partial charge on any atom is -0.439 e. The summed E-state index contributed by atoms with van der Waals surface area (Å²) in [7, 11) is 1.70. The van der Waals surface area contributed by atoms with Crippen LogP contribution in [0.2, 0.25) is 5.15 Å². The van der Waals surface area contributed by atoms with Gasteiger partial charge in [0, 0.05) is 19.6 Å². The van der Waals surface area contributed by atoms with Gasteiger partial charge in [0.15, 0.2) is 0 Å². The highest BCUT2D eigenvalue weighted by Crippen LogP contribution is 2.22. The van der Waals surface area contributed by atoms with Gasteiger partial charge >= 0.3 is 0 Å². The Morgan fingerprint density at radius 1 is 1.15 bits per heavy atom. The maximum atomic E-state index is 5.93. The summed E-state index contributed by atoms with van der Waals surface area (Å²) in [6.07, 6.45) is 1.60. The number of benzene rings is 1. The van der Waals surface area contributed by atoms with E-state index in [1.807, 2.05) is 31.2 Å². The van der Waals surface area contributed by atoms with Crippen LogP contribution in [-0.4, -0.2) is 23.7 Å². The van der Waals surface area contributed by atoms with Gasteiger partial charge in [0.05, 0.1) is 6.61 Å². The molecular weight excluding hydrogens is 276 g/mol. The first-order valence-corrected chi connectivity index (χ1v) is 6.88. The molecule has 0 saturated heterocycles. The second-order valence-electron chi connectivity index (χ2n) is 4.29. The average molecular weight is 293 g/mol. The van der Waals surface area contributed by atoms with Crippen LogP contribution in [0.25, 0.3) is 0 Å². The van der Waals surface area contributed by atoms with Gasteiger partial charge in [-0.2, -0.15) is 4.98 Å². The molecule has 0 amide bonds. The molecule has 0 atom stereocenters. The Hall–Kier alpha value is -1.65. The third-order valence-corrected chi connectivity index (χ3v) is 2.97. The molecular formula is C15H17ClN2O2. The van der Waals surface area contributed by atoms with E-state index < -0.39 is 0 Å². The molecule has 1 aromatic carbocycles. The summed E-state index contributed by atoms with van der Waals surface area (Å²) in [6, 6.07) is 9.45. The first-order valence-electron chi connectivity index (χ1n) is 6.50. The quantitative estimate of drug-likeness (QED) is 0.762. The van der Waals surface area contributed by atoms with Gasteiger partial charge in [-0.25, -0.2) is 4.98 Å². The van der Waals surface area contributed by atoms with E-state index in [0.717, 1.165) is 12.2 Å². The number of hydrogen-bond acceptors (Lipinski definition) is 4. The number of aryl methyl sites for hydroxylation is 1. The highest BCUT2D eigenvalue weighted by Gasteiger charge is 2.04. The minimum atomic E-state index is 0.392. The molecule has 1 heterocycles. The number of hydrogen-bond donors (Lipinski definition) is 0. The van der Waals surface area contributed by atoms with E-state index in [1.54, 1.807) is 13.2 Å². The van der Waals surface area contributed by atoms with Gasteiger partial charge in [-0.3, -0.25) is 0 Å². The van der Waals surface area contributed by atoms with Gasteiger partial charge in [-0.05, 0) is 24.1 Å². The van der Waals surface area contributed by atoms with Gasteiger partial charge < -0.3 is 9.47 Å². The van der Waals surface area contributed by atoms with Gasteiger partial charge in [0.2, 0.25) is 5.88 Å². The lowest BCUT2D eigenvalue weighted by molar-refractivity contribution is 0.202. The fraction of sp³-hybridized carbons (Fsp3) is 0.333. The fourth-order valence-electron chi connectivity index (χ4n) is 1.72. The van der Waals surface area contributed by atoms with E-state index in [2.05, 4.69) is 9.97 Å². The molecule has 0 radical (unpaired) electrons. The Bertz CT molecular complexity index is 558. The third-order valence-electron chi connectivity index (χ3n) is 2.77. The summed E-state index contributed by atoms with van der Waals surface area (Å²) in [5.41, 5.74) is 1.20. The lowest BCUT2D eigenvalue weighted by Crippen LogP contribution is -1.97. The van der Waals surface area contributed by atoms with Crippen molar-refractivity contribution in [1.82, 2.24) is 9.97 Å². The normalized spacial score (nSPS) is 10.6. The molecule has 0 aliphatic carbocycles. The van der Waals surface area contributed by atoms with E-state index in [0.29, 0.717) is 29.9 Å². The molecule has 0 fully saturated rings. The predicted octanol–water partition coefficient (Wildman–Crippen LogP) is 3.67. The summed E-state index contributed by atoms with van der Waals surface area (Å²) in [5, 5.41) is 0.392. The predicted molar refractivity (Wildman–Crippen MR) is 78.5 cm³/mol. The lowest BCUT2D eigenvalue weighted by atomic mass is 10.1. The topological polar surface area (TPSA) is 44.2 Å². The van der Waals surface area contributed by atoms with Crippen molar-refractivity contribution in [3.8, 4) is 11.6 Å². The molecule has 1 aromatic heterocycles. The van der Waals surface area contributed by atoms with Crippen molar-refractivity contribution in [3.05, 3.63) is 46.9 Å². The smallest absolute Gasteiger partial charge is 0.224 e. The van der Waals surface area contributed by atoms with E-state index in [9.17, 15) is 0 Å². The van der Waals surface area contributed by atoms with Crippen molar-refractivity contribution >= 4 is 11.6 Å². The molecule has 0 N–H and O–H groups in total. The first kappa shape index (κ1) is 14.8. The van der Waals surface area contributed by atoms with Crippen LogP contribution in [0, 0.1) is 0 Å². The van der Waals surface area contributed by atoms with Crippen LogP contribution in [0.4, 0.5) is 0 Å². The molecule has 0 aliphatic rings. The van der Waals surface area contributed by atoms with Crippen LogP contribution in [0.3, 0.4) is 0 Å². The summed E-state index contributed by atoms with van der Waals surface area (Å²) >= 11 is 5.93. The number of halogens is 1. The summed E-state index contributed by atoms with van der Waals surface area (Å²) < 4.78 is 10.7. The zero-order valence-electron chi connectivity index (χ0n) is 11.6. The van der Waals surface area contributed by atoms with Gasteiger partial charge in [0.25, 0.3) is 0 Å². The highest BCUT2D eigenvalue weighted by atomic mass is 35.5. The number of rotatable bonds is 6. The molecule has 2 aromatic rings. The third kappa shape index (κ3) is 4.18. The van der Waals surface area contributed by atoms with Crippen molar-refractivity contribution < 1.29 is 9.47 Å². The van der Waals surface area contributed by atoms with Crippen molar-refractivity contribution in [1.29, 1.82) is 0 Å². The zero-order valence-corrected chi connectivity index (χ0v) is 12.4. The Kier molecular flexibility index (Phi) is 5.32. The van der Waals surface area contributed by atoms with E-state index >= 15 is 0 Å². The Balaban J connectivity index is 2.07. The largest absolute Gasteiger partial charge is 0.439 e. The number of aromatic nitrogens is 2. The highest BCUT2D eigenvalue weighted by molar-refractivity contribution is 6.29. The molecule has 5 heteroatoms. The Labute approximate surface area is 123 Å².